The molecule has 0 saturated heterocycles. The van der Waals surface area contributed by atoms with Crippen LogP contribution in [-0.4, -0.2) is 250 Å². The molecule has 41 heteroatoms. The topological polar surface area (TPSA) is 529 Å². The van der Waals surface area contributed by atoms with Crippen LogP contribution in [0.5, 0.6) is 23.0 Å². The van der Waals surface area contributed by atoms with E-state index in [0.717, 1.165) is 55.0 Å². The van der Waals surface area contributed by atoms with Crippen LogP contribution in [0, 0.1) is 11.8 Å². The molecule has 9 atom stereocenters. The van der Waals surface area contributed by atoms with Crippen LogP contribution in [0.2, 0.25) is 0 Å². The van der Waals surface area contributed by atoms with Gasteiger partial charge in [0.15, 0.2) is 35.5 Å². The monoisotopic (exact) mass is 1960 g/mol. The predicted octanol–water partition coefficient (Wildman–Crippen LogP) is 7.93. The lowest BCUT2D eigenvalue weighted by molar-refractivity contribution is -0.139. The summed E-state index contributed by atoms with van der Waals surface area (Å²) in [5.74, 6) is -7.18. The fourth-order valence-corrected chi connectivity index (χ4v) is 16.4. The number of methoxy groups -OCH3 is 2. The number of imide groups is 2. The second-order valence-corrected chi connectivity index (χ2v) is 38.7. The van der Waals surface area contributed by atoms with Crippen molar-refractivity contribution in [1.82, 2.24) is 51.5 Å². The second-order valence-electron chi connectivity index (χ2n) is 38.7. The molecule has 4 aromatic carbocycles. The van der Waals surface area contributed by atoms with Crippen LogP contribution >= 0.6 is 0 Å². The number of nitrogens with zero attached hydrogens (tertiary/aromatic N) is 6. The number of benzene rings is 4. The maximum Gasteiger partial charge on any atom is 0.416 e. The molecule has 0 saturated carbocycles. The lowest BCUT2D eigenvalue weighted by Crippen LogP contribution is -2.54. The summed E-state index contributed by atoms with van der Waals surface area (Å²) in [6.45, 7) is 25.7. The fraction of sp³-hybridized carbons (Fsp3) is 0.520. The lowest BCUT2D eigenvalue weighted by atomic mass is 9.98. The highest BCUT2D eigenvalue weighted by Crippen LogP contribution is 2.45. The number of nitrogens with one attached hydrogen (secondary N) is 8. The van der Waals surface area contributed by atoms with Crippen molar-refractivity contribution in [2.24, 2.45) is 17.6 Å². The van der Waals surface area contributed by atoms with Gasteiger partial charge in [-0.15, -0.1) is 0 Å². The molecule has 0 aliphatic carbocycles. The van der Waals surface area contributed by atoms with E-state index in [1.807, 2.05) is 27.7 Å². The van der Waals surface area contributed by atoms with Gasteiger partial charge in [-0.3, -0.25) is 76.9 Å². The number of nitrogens with two attached hydrogens (primary N) is 1. The van der Waals surface area contributed by atoms with Gasteiger partial charge in [0, 0.05) is 118 Å². The van der Waals surface area contributed by atoms with Gasteiger partial charge in [-0.05, 0) is 187 Å². The van der Waals surface area contributed by atoms with E-state index < -0.39 is 160 Å². The molecule has 141 heavy (non-hydrogen) atoms. The van der Waals surface area contributed by atoms with Crippen molar-refractivity contribution < 1.29 is 125 Å². The highest BCUT2D eigenvalue weighted by Gasteiger charge is 2.48. The summed E-state index contributed by atoms with van der Waals surface area (Å²) >= 11 is 0. The van der Waals surface area contributed by atoms with Crippen molar-refractivity contribution in [1.29, 1.82) is 0 Å². The van der Waals surface area contributed by atoms with E-state index in [1.54, 1.807) is 123 Å². The molecule has 6 aliphatic rings. The zero-order valence-corrected chi connectivity index (χ0v) is 83.0. The molecule has 0 fully saturated rings. The summed E-state index contributed by atoms with van der Waals surface area (Å²) < 4.78 is 48.0. The molecule has 0 aromatic heterocycles. The highest BCUT2D eigenvalue weighted by atomic mass is 16.6. The van der Waals surface area contributed by atoms with Crippen LogP contribution in [0.25, 0.3) is 0 Å². The minimum Gasteiger partial charge on any atom is -0.493 e. The van der Waals surface area contributed by atoms with E-state index in [9.17, 15) is 86.9 Å². The molecule has 10 rings (SSSR count). The Morgan fingerprint density at radius 3 is 1.18 bits per heavy atom. The number of hydrogen-bond acceptors (Lipinski definition) is 27. The molecule has 41 nitrogen and oxygen atoms in total. The van der Waals surface area contributed by atoms with E-state index in [-0.39, 0.29) is 174 Å². The molecule has 0 spiro atoms. The van der Waals surface area contributed by atoms with Gasteiger partial charge in [0.1, 0.15) is 37.4 Å². The number of aliphatic hydroxyl groups is 2. The molecular weight excluding hydrogens is 1830 g/mol. The summed E-state index contributed by atoms with van der Waals surface area (Å²) in [4.78, 5) is 219. The maximum absolute atomic E-state index is 14.5. The van der Waals surface area contributed by atoms with E-state index in [1.165, 1.54) is 62.1 Å². The summed E-state index contributed by atoms with van der Waals surface area (Å²) in [5.41, 5.74) is 5.93. The van der Waals surface area contributed by atoms with Crippen molar-refractivity contribution in [3.63, 3.8) is 0 Å². The zero-order valence-electron chi connectivity index (χ0n) is 83.0. The normalized spacial score (nSPS) is 18.0. The third-order valence-electron chi connectivity index (χ3n) is 24.7. The zero-order chi connectivity index (χ0) is 103. The van der Waals surface area contributed by atoms with Crippen molar-refractivity contribution in [2.75, 3.05) is 74.2 Å². The van der Waals surface area contributed by atoms with E-state index in [2.05, 4.69) is 42.5 Å². The van der Waals surface area contributed by atoms with Gasteiger partial charge in [0.05, 0.1) is 85.5 Å². The molecule has 1 unspecified atom stereocenters. The number of carbonyl (C=O) groups excluding carboxylic acids is 16. The SMILES string of the molecule is COc1cc2c(cc1OCCCCCOc1cc3c(cc1OC)C(=O)N1C=C(C)C[C@H]1[C@H](O)N3C(=O)OCc1ccc(NC(=O)[C@H](C)NC(=O)[C@@H](NC(=O)CCC(C)(C)OCCC(C)(N)NC(=O)CCN3C(=O)C=CC3=O)C(C)C)cc1)N(C(=O)OCc1ccc(NC(=O)[C@H](C)NC(=O)[C@@H](NC(=O)CCC(C)(C)OCCC(C)(C)NC(=O)CCN3C(=O)C=CC3=O)C(C)C)cc1)[C@@H](O)[C@@H]1CC(C)=CN1C2=O. The minimum atomic E-state index is -1.62. The molecule has 0 bridgehead atoms. The van der Waals surface area contributed by atoms with Crippen LogP contribution in [0.4, 0.5) is 32.3 Å². The molecule has 764 valence electrons. The Balaban J connectivity index is 0.677. The highest BCUT2D eigenvalue weighted by molar-refractivity contribution is 6.14. The third kappa shape index (κ3) is 29.7. The number of amides is 16. The summed E-state index contributed by atoms with van der Waals surface area (Å²) in [7, 11) is 2.78. The lowest BCUT2D eigenvalue weighted by Gasteiger charge is -2.31. The second kappa shape index (κ2) is 48.0. The molecule has 4 aromatic rings. The van der Waals surface area contributed by atoms with Gasteiger partial charge in [-0.25, -0.2) is 19.4 Å². The predicted molar refractivity (Wildman–Crippen MR) is 515 cm³/mol. The van der Waals surface area contributed by atoms with Gasteiger partial charge in [-0.1, -0.05) is 63.1 Å². The number of ether oxygens (including phenoxy) is 8. The van der Waals surface area contributed by atoms with E-state index >= 15 is 0 Å². The average Bonchev–Trinajstić information content (AvgIpc) is 1.61. The van der Waals surface area contributed by atoms with Gasteiger partial charge >= 0.3 is 12.2 Å². The Labute approximate surface area is 819 Å². The first-order valence-electron chi connectivity index (χ1n) is 47.2. The quantitative estimate of drug-likeness (QED) is 0.0113. The number of anilines is 4. The van der Waals surface area contributed by atoms with Crippen molar-refractivity contribution >= 4 is 118 Å². The summed E-state index contributed by atoms with van der Waals surface area (Å²) in [6, 6.07) is 12.4. The molecule has 0 radical (unpaired) electrons. The number of carbonyl (C=O) groups is 16. The number of unbranched alkanes of at least 4 members (excludes halogenated alkanes) is 2. The van der Waals surface area contributed by atoms with Gasteiger partial charge in [0.25, 0.3) is 35.4 Å². The van der Waals surface area contributed by atoms with Crippen molar-refractivity contribution in [3.8, 4) is 23.0 Å². The van der Waals surface area contributed by atoms with Gasteiger partial charge in [-0.2, -0.15) is 0 Å². The first-order valence-corrected chi connectivity index (χ1v) is 47.2. The Kier molecular flexibility index (Phi) is 37.2. The smallest absolute Gasteiger partial charge is 0.416 e. The van der Waals surface area contributed by atoms with Crippen LogP contribution in [-0.2, 0) is 89.7 Å². The molecule has 12 N–H and O–H groups in total. The van der Waals surface area contributed by atoms with E-state index in [0.29, 0.717) is 48.2 Å². The van der Waals surface area contributed by atoms with Crippen LogP contribution < -0.4 is 77.0 Å². The Bertz CT molecular complexity index is 5110. The third-order valence-corrected chi connectivity index (χ3v) is 24.7. The number of hydrogen-bond donors (Lipinski definition) is 11. The molecule has 16 amide bonds. The molecular formula is C100H133N15O26. The first kappa shape index (κ1) is 109. The van der Waals surface area contributed by atoms with Crippen LogP contribution in [0.3, 0.4) is 0 Å². The number of aliphatic hydroxyl groups excluding tert-OH is 2. The first-order chi connectivity index (χ1) is 66.4. The standard InChI is InChI=1S/C100H133N15O26/c1-57(2)85(106-77(116)33-37-98(11,12)140-45-39-97(9,10)108-79(118)35-41-110-81(120)29-30-82(110)121)89(126)102-61(7)87(124)104-65-25-21-63(22-26-65)55-138-95(132)114-69-51-75(73(134-16)49-67(69)91(128)112-53-59(5)47-71(112)93(114)130)136-43-19-18-20-44-137-76-52-70-68(50-74(76)135-17)92(129)113-54-60(6)48-72(113)94(131)115(70)96(133)139-56-64-23-27-66(28-24-64)105-88(125)62(8)103-90(127)86(58(3)4)107-78(117)34-38-99(13,14)141-46-40-100(15,101)109-80(119)36-42-111-83(122)31-32-84(111)123/h21-32,49-54,57-58,61-62,71-72,85-86,93-94,130-131H,18-20,33-48,55-56,101H2,1-17H3,(H,102,126)(H,103,127)(H,104,124)(H,105,125)(H,106,116)(H,107,117)(H,108,118)(H,109,119)/t61-,62-,71-,72-,85-,86-,93-,94-,100?/m0/s1. The summed E-state index contributed by atoms with van der Waals surface area (Å²) in [5, 5.41) is 46.3. The Morgan fingerprint density at radius 1 is 0.447 bits per heavy atom. The Morgan fingerprint density at radius 2 is 0.816 bits per heavy atom. The van der Waals surface area contributed by atoms with Gasteiger partial charge in [0.2, 0.25) is 47.3 Å². The molecule has 6 heterocycles. The maximum atomic E-state index is 14.5. The number of rotatable bonds is 48. The summed E-state index contributed by atoms with van der Waals surface area (Å²) in [6.07, 6.45) is 5.28. The van der Waals surface area contributed by atoms with E-state index in [4.69, 9.17) is 43.6 Å². The van der Waals surface area contributed by atoms with Crippen molar-refractivity contribution in [3.05, 3.63) is 143 Å². The van der Waals surface area contributed by atoms with Crippen LogP contribution in [0.1, 0.15) is 219 Å². The van der Waals surface area contributed by atoms with Crippen molar-refractivity contribution in [2.45, 2.75) is 272 Å². The fourth-order valence-electron chi connectivity index (χ4n) is 16.4. The number of fused-ring (bicyclic) bond motifs is 4. The molecule has 6 aliphatic heterocycles. The average molecular weight is 1960 g/mol. The minimum absolute atomic E-state index is 0.00362. The van der Waals surface area contributed by atoms with Gasteiger partial charge < -0.3 is 106 Å². The van der Waals surface area contributed by atoms with Crippen LogP contribution in [0.15, 0.2) is 121 Å². The largest absolute Gasteiger partial charge is 0.493 e. The Hall–Kier alpha value is -13.6.